The number of aromatic nitrogens is 1. The zero-order valence-corrected chi connectivity index (χ0v) is 12.4. The second kappa shape index (κ2) is 6.64. The van der Waals surface area contributed by atoms with Crippen LogP contribution in [0.1, 0.15) is 57.7 Å². The van der Waals surface area contributed by atoms with Crippen LogP contribution in [0.5, 0.6) is 0 Å². The predicted octanol–water partition coefficient (Wildman–Crippen LogP) is 3.20. The van der Waals surface area contributed by atoms with Crippen molar-refractivity contribution in [3.8, 4) is 0 Å². The van der Waals surface area contributed by atoms with Gasteiger partial charge >= 0.3 is 0 Å². The second-order valence-corrected chi connectivity index (χ2v) is 6.08. The van der Waals surface area contributed by atoms with Crippen LogP contribution in [0.25, 0.3) is 0 Å². The molecule has 2 N–H and O–H groups in total. The van der Waals surface area contributed by atoms with E-state index in [9.17, 15) is 9.50 Å². The average Bonchev–Trinajstić information content (AvgIpc) is 2.46. The van der Waals surface area contributed by atoms with E-state index in [1.165, 1.54) is 18.7 Å². The van der Waals surface area contributed by atoms with Gasteiger partial charge in [-0.05, 0) is 50.7 Å². The molecule has 2 rings (SSSR count). The summed E-state index contributed by atoms with van der Waals surface area (Å²) in [5.41, 5.74) is 0.206. The van der Waals surface area contributed by atoms with E-state index in [1.807, 2.05) is 6.92 Å². The summed E-state index contributed by atoms with van der Waals surface area (Å²) >= 11 is 0. The van der Waals surface area contributed by atoms with Gasteiger partial charge in [0.1, 0.15) is 5.82 Å². The highest BCUT2D eigenvalue weighted by Crippen LogP contribution is 2.33. The highest BCUT2D eigenvalue weighted by atomic mass is 19.1. The van der Waals surface area contributed by atoms with E-state index in [0.29, 0.717) is 6.54 Å². The summed E-state index contributed by atoms with van der Waals surface area (Å²) < 4.78 is 12.8. The third-order valence-electron chi connectivity index (χ3n) is 4.54. The molecular weight excluding hydrogens is 255 g/mol. The number of nitrogens with one attached hydrogen (secondary N) is 1. The van der Waals surface area contributed by atoms with Gasteiger partial charge in [0.2, 0.25) is 0 Å². The molecule has 1 atom stereocenters. The first-order valence-corrected chi connectivity index (χ1v) is 7.59. The van der Waals surface area contributed by atoms with Crippen LogP contribution < -0.4 is 5.32 Å². The quantitative estimate of drug-likeness (QED) is 0.870. The minimum atomic E-state index is -0.597. The number of halogens is 1. The maximum Gasteiger partial charge on any atom is 0.141 e. The molecule has 1 aliphatic carbocycles. The van der Waals surface area contributed by atoms with Gasteiger partial charge in [-0.1, -0.05) is 13.3 Å². The van der Waals surface area contributed by atoms with Gasteiger partial charge in [-0.3, -0.25) is 4.98 Å². The molecule has 1 aliphatic rings. The summed E-state index contributed by atoms with van der Waals surface area (Å²) in [6.07, 6.45) is 6.38. The highest BCUT2D eigenvalue weighted by Gasteiger charge is 2.32. The molecule has 20 heavy (non-hydrogen) atoms. The number of pyridine rings is 1. The van der Waals surface area contributed by atoms with Crippen LogP contribution in [0, 0.1) is 11.7 Å². The maximum atomic E-state index is 12.8. The van der Waals surface area contributed by atoms with Crippen molar-refractivity contribution in [1.82, 2.24) is 10.3 Å². The number of nitrogens with zero attached hydrogens (tertiary/aromatic N) is 1. The van der Waals surface area contributed by atoms with Gasteiger partial charge in [-0.2, -0.15) is 0 Å². The molecule has 0 aromatic carbocycles. The molecule has 1 saturated carbocycles. The van der Waals surface area contributed by atoms with E-state index in [-0.39, 0.29) is 11.9 Å². The van der Waals surface area contributed by atoms with E-state index in [0.717, 1.165) is 37.3 Å². The molecule has 0 radical (unpaired) electrons. The topological polar surface area (TPSA) is 45.1 Å². The number of hydrogen-bond acceptors (Lipinski definition) is 3. The Hall–Kier alpha value is -1.00. The Morgan fingerprint density at radius 2 is 2.15 bits per heavy atom. The summed E-state index contributed by atoms with van der Waals surface area (Å²) in [7, 11) is 0. The number of hydrogen-bond donors (Lipinski definition) is 2. The van der Waals surface area contributed by atoms with Crippen molar-refractivity contribution in [1.29, 1.82) is 0 Å². The van der Waals surface area contributed by atoms with Crippen molar-refractivity contribution in [2.24, 2.45) is 5.92 Å². The number of rotatable bonds is 5. The van der Waals surface area contributed by atoms with Crippen LogP contribution in [0.2, 0.25) is 0 Å². The molecule has 112 valence electrons. The average molecular weight is 280 g/mol. The van der Waals surface area contributed by atoms with E-state index < -0.39 is 5.60 Å². The summed E-state index contributed by atoms with van der Waals surface area (Å²) in [4.78, 5) is 4.07. The lowest BCUT2D eigenvalue weighted by Crippen LogP contribution is -2.44. The van der Waals surface area contributed by atoms with E-state index in [2.05, 4.69) is 17.2 Å². The van der Waals surface area contributed by atoms with E-state index >= 15 is 0 Å². The zero-order chi connectivity index (χ0) is 14.6. The van der Waals surface area contributed by atoms with Gasteiger partial charge in [-0.15, -0.1) is 0 Å². The molecule has 4 heteroatoms. The van der Waals surface area contributed by atoms with Crippen molar-refractivity contribution < 1.29 is 9.50 Å². The Morgan fingerprint density at radius 1 is 1.45 bits per heavy atom. The lowest BCUT2D eigenvalue weighted by Gasteiger charge is -2.36. The van der Waals surface area contributed by atoms with Crippen LogP contribution >= 0.6 is 0 Å². The third-order valence-corrected chi connectivity index (χ3v) is 4.54. The maximum absolute atomic E-state index is 12.8. The van der Waals surface area contributed by atoms with Crippen molar-refractivity contribution in [3.05, 3.63) is 29.8 Å². The second-order valence-electron chi connectivity index (χ2n) is 6.08. The van der Waals surface area contributed by atoms with Gasteiger partial charge < -0.3 is 10.4 Å². The van der Waals surface area contributed by atoms with Crippen LogP contribution in [0.3, 0.4) is 0 Å². The normalized spacial score (nSPS) is 28.3. The molecule has 1 unspecified atom stereocenters. The van der Waals surface area contributed by atoms with Gasteiger partial charge in [0.15, 0.2) is 0 Å². The van der Waals surface area contributed by atoms with Crippen molar-refractivity contribution in [3.63, 3.8) is 0 Å². The molecule has 0 spiro atoms. The summed E-state index contributed by atoms with van der Waals surface area (Å²) in [5, 5.41) is 13.9. The van der Waals surface area contributed by atoms with Crippen LogP contribution in [0.15, 0.2) is 18.3 Å². The lowest BCUT2D eigenvalue weighted by atomic mass is 9.78. The standard InChI is InChI=1S/C16H25FN2O/c1-3-13-6-8-16(20,9-7-13)11-19-12(2)15-5-4-14(17)10-18-15/h4-5,10,12-13,19-20H,3,6-9,11H2,1-2H3. The monoisotopic (exact) mass is 280 g/mol. The first-order chi connectivity index (χ1) is 9.52. The zero-order valence-electron chi connectivity index (χ0n) is 12.4. The fourth-order valence-corrected chi connectivity index (χ4v) is 2.89. The van der Waals surface area contributed by atoms with Crippen molar-refractivity contribution in [2.45, 2.75) is 57.6 Å². The smallest absolute Gasteiger partial charge is 0.141 e. The molecule has 3 nitrogen and oxygen atoms in total. The summed E-state index contributed by atoms with van der Waals surface area (Å²) in [6, 6.07) is 3.12. The van der Waals surface area contributed by atoms with Crippen LogP contribution in [0.4, 0.5) is 4.39 Å². The molecule has 1 fully saturated rings. The van der Waals surface area contributed by atoms with Crippen molar-refractivity contribution in [2.75, 3.05) is 6.54 Å². The minimum absolute atomic E-state index is 0.0172. The number of aliphatic hydroxyl groups is 1. The first-order valence-electron chi connectivity index (χ1n) is 7.59. The Labute approximate surface area is 120 Å². The molecule has 1 aromatic rings. The molecule has 0 bridgehead atoms. The largest absolute Gasteiger partial charge is 0.389 e. The van der Waals surface area contributed by atoms with Gasteiger partial charge in [0.25, 0.3) is 0 Å². The molecule has 0 saturated heterocycles. The highest BCUT2D eigenvalue weighted by molar-refractivity contribution is 5.09. The van der Waals surface area contributed by atoms with Gasteiger partial charge in [0, 0.05) is 12.6 Å². The fourth-order valence-electron chi connectivity index (χ4n) is 2.89. The third kappa shape index (κ3) is 4.00. The SMILES string of the molecule is CCC1CCC(O)(CNC(C)c2ccc(F)cn2)CC1. The van der Waals surface area contributed by atoms with Gasteiger partial charge in [0.05, 0.1) is 17.5 Å². The summed E-state index contributed by atoms with van der Waals surface area (Å²) in [5.74, 6) is 0.448. The molecular formula is C16H25FN2O. The Kier molecular flexibility index (Phi) is 5.11. The Morgan fingerprint density at radius 3 is 2.70 bits per heavy atom. The molecule has 0 aliphatic heterocycles. The van der Waals surface area contributed by atoms with Crippen molar-refractivity contribution >= 4 is 0 Å². The van der Waals surface area contributed by atoms with Crippen LogP contribution in [-0.4, -0.2) is 22.2 Å². The predicted molar refractivity (Wildman–Crippen MR) is 77.8 cm³/mol. The molecule has 0 amide bonds. The van der Waals surface area contributed by atoms with Crippen LogP contribution in [-0.2, 0) is 0 Å². The molecule has 1 heterocycles. The summed E-state index contributed by atoms with van der Waals surface area (Å²) in [6.45, 7) is 4.78. The van der Waals surface area contributed by atoms with Gasteiger partial charge in [-0.25, -0.2) is 4.39 Å². The fraction of sp³-hybridized carbons (Fsp3) is 0.688. The van der Waals surface area contributed by atoms with E-state index in [4.69, 9.17) is 0 Å². The Bertz CT molecular complexity index is 413. The lowest BCUT2D eigenvalue weighted by molar-refractivity contribution is -0.0104. The minimum Gasteiger partial charge on any atom is -0.389 e. The van der Waals surface area contributed by atoms with E-state index in [1.54, 1.807) is 6.07 Å². The first kappa shape index (κ1) is 15.4. The Balaban J connectivity index is 1.84. The molecule has 1 aromatic heterocycles.